The molecule has 0 bridgehead atoms. The van der Waals surface area contributed by atoms with Crippen molar-refractivity contribution in [3.05, 3.63) is 0 Å². The molecule has 2 nitrogen and oxygen atoms in total. The van der Waals surface area contributed by atoms with E-state index in [1.165, 1.54) is 38.5 Å². The van der Waals surface area contributed by atoms with E-state index in [4.69, 9.17) is 5.73 Å². The summed E-state index contributed by atoms with van der Waals surface area (Å²) in [5.41, 5.74) is 5.84. The van der Waals surface area contributed by atoms with E-state index in [2.05, 4.69) is 32.7 Å². The van der Waals surface area contributed by atoms with Gasteiger partial charge in [-0.15, -0.1) is 0 Å². The van der Waals surface area contributed by atoms with Crippen molar-refractivity contribution in [2.45, 2.75) is 71.4 Å². The minimum atomic E-state index is 0.580. The molecule has 2 N–H and O–H groups in total. The number of unbranched alkanes of at least 4 members (excludes halogenated alkanes) is 3. The van der Waals surface area contributed by atoms with Crippen LogP contribution in [0.2, 0.25) is 0 Å². The molecule has 0 spiro atoms. The van der Waals surface area contributed by atoms with Gasteiger partial charge < -0.3 is 5.73 Å². The van der Waals surface area contributed by atoms with E-state index < -0.39 is 0 Å². The van der Waals surface area contributed by atoms with Crippen molar-refractivity contribution < 1.29 is 0 Å². The second-order valence-corrected chi connectivity index (χ2v) is 4.66. The van der Waals surface area contributed by atoms with Gasteiger partial charge in [0.05, 0.1) is 0 Å². The maximum Gasteiger partial charge on any atom is 0.0218 e. The van der Waals surface area contributed by atoms with Crippen molar-refractivity contribution in [2.24, 2.45) is 5.73 Å². The van der Waals surface area contributed by atoms with Gasteiger partial charge in [-0.1, -0.05) is 39.5 Å². The van der Waals surface area contributed by atoms with Crippen LogP contribution in [0.25, 0.3) is 0 Å². The molecule has 0 rings (SSSR count). The van der Waals surface area contributed by atoms with Gasteiger partial charge >= 0.3 is 0 Å². The standard InChI is InChI=1S/C13H30N2/c1-5-7-8-9-10-13(11-14)15(4)12(3)6-2/h12-13H,5-11,14H2,1-4H3. The van der Waals surface area contributed by atoms with Gasteiger partial charge in [0.15, 0.2) is 0 Å². The first-order chi connectivity index (χ1) is 7.17. The largest absolute Gasteiger partial charge is 0.329 e. The van der Waals surface area contributed by atoms with E-state index in [-0.39, 0.29) is 0 Å². The molecule has 0 aromatic carbocycles. The van der Waals surface area contributed by atoms with Crippen LogP contribution in [0.5, 0.6) is 0 Å². The normalized spacial score (nSPS) is 15.6. The van der Waals surface area contributed by atoms with Crippen molar-refractivity contribution in [1.29, 1.82) is 0 Å². The van der Waals surface area contributed by atoms with Gasteiger partial charge in [-0.2, -0.15) is 0 Å². The molecule has 0 saturated carbocycles. The monoisotopic (exact) mass is 214 g/mol. The van der Waals surface area contributed by atoms with Crippen molar-refractivity contribution in [3.8, 4) is 0 Å². The highest BCUT2D eigenvalue weighted by atomic mass is 15.2. The fourth-order valence-corrected chi connectivity index (χ4v) is 1.94. The molecule has 2 heteroatoms. The first-order valence-corrected chi connectivity index (χ1v) is 6.59. The van der Waals surface area contributed by atoms with E-state index in [1.807, 2.05) is 0 Å². The van der Waals surface area contributed by atoms with Crippen LogP contribution in [-0.4, -0.2) is 30.6 Å². The van der Waals surface area contributed by atoms with Crippen LogP contribution in [0.15, 0.2) is 0 Å². The molecule has 0 aliphatic carbocycles. The smallest absolute Gasteiger partial charge is 0.0218 e. The van der Waals surface area contributed by atoms with E-state index in [0.29, 0.717) is 12.1 Å². The Kier molecular flexibility index (Phi) is 9.12. The van der Waals surface area contributed by atoms with Crippen LogP contribution < -0.4 is 5.73 Å². The molecule has 92 valence electrons. The van der Waals surface area contributed by atoms with Crippen LogP contribution in [0.3, 0.4) is 0 Å². The average molecular weight is 214 g/mol. The zero-order chi connectivity index (χ0) is 11.7. The second-order valence-electron chi connectivity index (χ2n) is 4.66. The third-order valence-corrected chi connectivity index (χ3v) is 3.53. The van der Waals surface area contributed by atoms with Gasteiger partial charge in [-0.25, -0.2) is 0 Å². The van der Waals surface area contributed by atoms with Crippen LogP contribution in [0.1, 0.15) is 59.3 Å². The van der Waals surface area contributed by atoms with E-state index in [1.54, 1.807) is 0 Å². The lowest BCUT2D eigenvalue weighted by atomic mass is 10.0. The Bertz CT molecular complexity index is 136. The van der Waals surface area contributed by atoms with Gasteiger partial charge in [-0.3, -0.25) is 4.90 Å². The number of nitrogens with zero attached hydrogens (tertiary/aromatic N) is 1. The molecular weight excluding hydrogens is 184 g/mol. The third-order valence-electron chi connectivity index (χ3n) is 3.53. The average Bonchev–Trinajstić information content (AvgIpc) is 2.27. The predicted molar refractivity (Wildman–Crippen MR) is 69.1 cm³/mol. The number of hydrogen-bond donors (Lipinski definition) is 1. The minimum Gasteiger partial charge on any atom is -0.329 e. The summed E-state index contributed by atoms with van der Waals surface area (Å²) in [6.45, 7) is 7.58. The molecule has 2 atom stereocenters. The molecular formula is C13H30N2. The summed E-state index contributed by atoms with van der Waals surface area (Å²) in [4.78, 5) is 2.45. The van der Waals surface area contributed by atoms with Crippen molar-refractivity contribution in [1.82, 2.24) is 4.90 Å². The topological polar surface area (TPSA) is 29.3 Å². The Morgan fingerprint density at radius 2 is 1.80 bits per heavy atom. The van der Waals surface area contributed by atoms with Crippen LogP contribution >= 0.6 is 0 Å². The van der Waals surface area contributed by atoms with E-state index in [9.17, 15) is 0 Å². The van der Waals surface area contributed by atoms with E-state index >= 15 is 0 Å². The van der Waals surface area contributed by atoms with Gasteiger partial charge in [0, 0.05) is 18.6 Å². The summed E-state index contributed by atoms with van der Waals surface area (Å²) in [5, 5.41) is 0. The lowest BCUT2D eigenvalue weighted by molar-refractivity contribution is 0.172. The van der Waals surface area contributed by atoms with Gasteiger partial charge in [0.1, 0.15) is 0 Å². The minimum absolute atomic E-state index is 0.580. The first-order valence-electron chi connectivity index (χ1n) is 6.59. The molecule has 0 saturated heterocycles. The lowest BCUT2D eigenvalue weighted by Gasteiger charge is -2.32. The zero-order valence-corrected chi connectivity index (χ0v) is 11.1. The number of hydrogen-bond acceptors (Lipinski definition) is 2. The maximum atomic E-state index is 5.84. The quantitative estimate of drug-likeness (QED) is 0.598. The molecule has 0 radical (unpaired) electrons. The number of likely N-dealkylation sites (N-methyl/N-ethyl adjacent to an activating group) is 1. The Morgan fingerprint density at radius 1 is 1.13 bits per heavy atom. The summed E-state index contributed by atoms with van der Waals surface area (Å²) < 4.78 is 0. The third kappa shape index (κ3) is 6.16. The zero-order valence-electron chi connectivity index (χ0n) is 11.1. The molecule has 0 aromatic rings. The van der Waals surface area contributed by atoms with Crippen molar-refractivity contribution in [2.75, 3.05) is 13.6 Å². The SMILES string of the molecule is CCCCCCC(CN)N(C)C(C)CC. The summed E-state index contributed by atoms with van der Waals surface area (Å²) in [5.74, 6) is 0. The Hall–Kier alpha value is -0.0800. The Labute approximate surface area is 96.2 Å². The summed E-state index contributed by atoms with van der Waals surface area (Å²) in [6.07, 6.45) is 7.84. The Balaban J connectivity index is 3.79. The van der Waals surface area contributed by atoms with E-state index in [0.717, 1.165) is 6.54 Å². The van der Waals surface area contributed by atoms with Crippen molar-refractivity contribution >= 4 is 0 Å². The molecule has 0 aliphatic heterocycles. The molecule has 0 aliphatic rings. The number of rotatable bonds is 9. The van der Waals surface area contributed by atoms with Crippen LogP contribution in [0, 0.1) is 0 Å². The molecule has 15 heavy (non-hydrogen) atoms. The van der Waals surface area contributed by atoms with Crippen molar-refractivity contribution in [3.63, 3.8) is 0 Å². The highest BCUT2D eigenvalue weighted by Crippen LogP contribution is 2.12. The summed E-state index contributed by atoms with van der Waals surface area (Å²) >= 11 is 0. The van der Waals surface area contributed by atoms with Gasteiger partial charge in [0.25, 0.3) is 0 Å². The molecule has 0 amide bonds. The lowest BCUT2D eigenvalue weighted by Crippen LogP contribution is -2.42. The molecule has 0 heterocycles. The fraction of sp³-hybridized carbons (Fsp3) is 1.00. The Morgan fingerprint density at radius 3 is 2.27 bits per heavy atom. The highest BCUT2D eigenvalue weighted by Gasteiger charge is 2.16. The summed E-state index contributed by atoms with van der Waals surface area (Å²) in [7, 11) is 2.21. The maximum absolute atomic E-state index is 5.84. The van der Waals surface area contributed by atoms with Gasteiger partial charge in [-0.05, 0) is 26.8 Å². The molecule has 2 unspecified atom stereocenters. The molecule has 0 fully saturated rings. The molecule has 0 aromatic heterocycles. The van der Waals surface area contributed by atoms with Crippen LogP contribution in [0.4, 0.5) is 0 Å². The first kappa shape index (κ1) is 14.9. The second kappa shape index (κ2) is 9.17. The highest BCUT2D eigenvalue weighted by molar-refractivity contribution is 4.73. The van der Waals surface area contributed by atoms with Crippen LogP contribution in [-0.2, 0) is 0 Å². The predicted octanol–water partition coefficient (Wildman–Crippen LogP) is 3.01. The van der Waals surface area contributed by atoms with Gasteiger partial charge in [0.2, 0.25) is 0 Å². The number of nitrogens with two attached hydrogens (primary N) is 1. The summed E-state index contributed by atoms with van der Waals surface area (Å²) in [6, 6.07) is 1.24. The fourth-order valence-electron chi connectivity index (χ4n) is 1.94.